The Hall–Kier alpha value is -1.50. The summed E-state index contributed by atoms with van der Waals surface area (Å²) in [6.07, 6.45) is 0. The lowest BCUT2D eigenvalue weighted by atomic mass is 9.91. The van der Waals surface area contributed by atoms with Crippen molar-refractivity contribution in [3.05, 3.63) is 46.5 Å². The molecular weight excluding hydrogens is 208 g/mol. The summed E-state index contributed by atoms with van der Waals surface area (Å²) in [6, 6.07) is 8.28. The Bertz CT molecular complexity index is 506. The van der Waals surface area contributed by atoms with Crippen LogP contribution in [0.5, 0.6) is 5.75 Å². The van der Waals surface area contributed by atoms with Gasteiger partial charge in [-0.2, -0.15) is 0 Å². The van der Waals surface area contributed by atoms with E-state index in [4.69, 9.17) is 4.74 Å². The minimum atomic E-state index is 0.492. The van der Waals surface area contributed by atoms with E-state index in [0.29, 0.717) is 5.92 Å². The number of hydrogen-bond acceptors (Lipinski definition) is 1. The Labute approximate surface area is 104 Å². The lowest BCUT2D eigenvalue weighted by Crippen LogP contribution is -1.99. The van der Waals surface area contributed by atoms with Crippen LogP contribution >= 0.6 is 0 Å². The monoisotopic (exact) mass is 228 g/mol. The van der Waals surface area contributed by atoms with Crippen LogP contribution in [0.1, 0.15) is 33.3 Å². The molecule has 0 heterocycles. The molecule has 1 heteroatoms. The average molecular weight is 228 g/mol. The molecule has 1 aliphatic rings. The van der Waals surface area contributed by atoms with E-state index in [-0.39, 0.29) is 0 Å². The number of rotatable bonds is 2. The highest BCUT2D eigenvalue weighted by Crippen LogP contribution is 2.44. The molecule has 1 aromatic carbocycles. The van der Waals surface area contributed by atoms with Crippen LogP contribution in [-0.4, -0.2) is 7.11 Å². The third-order valence-corrected chi connectivity index (χ3v) is 4.04. The van der Waals surface area contributed by atoms with E-state index in [1.807, 2.05) is 12.1 Å². The molecule has 0 radical (unpaired) electrons. The first-order valence-corrected chi connectivity index (χ1v) is 6.09. The van der Waals surface area contributed by atoms with E-state index in [2.05, 4.69) is 39.8 Å². The van der Waals surface area contributed by atoms with Crippen LogP contribution < -0.4 is 4.74 Å². The van der Waals surface area contributed by atoms with Gasteiger partial charge in [0.25, 0.3) is 0 Å². The molecule has 1 aromatic rings. The van der Waals surface area contributed by atoms with Gasteiger partial charge in [-0.15, -0.1) is 0 Å². The highest BCUT2D eigenvalue weighted by Gasteiger charge is 2.26. The van der Waals surface area contributed by atoms with Gasteiger partial charge in [-0.3, -0.25) is 0 Å². The first kappa shape index (κ1) is 12.0. The number of methoxy groups -OCH3 is 1. The van der Waals surface area contributed by atoms with E-state index in [9.17, 15) is 0 Å². The van der Waals surface area contributed by atoms with Crippen molar-refractivity contribution in [2.45, 2.75) is 27.7 Å². The molecule has 0 spiro atoms. The standard InChI is InChI=1S/C16H20O/c1-10-11(2)13(4)16(12(10)3)14-8-6-7-9-15(14)17-5/h6-9,12H,1-5H3. The second kappa shape index (κ2) is 4.40. The summed E-state index contributed by atoms with van der Waals surface area (Å²) in [4.78, 5) is 0. The zero-order valence-electron chi connectivity index (χ0n) is 11.3. The van der Waals surface area contributed by atoms with Crippen LogP contribution in [-0.2, 0) is 0 Å². The molecule has 1 nitrogen and oxygen atoms in total. The van der Waals surface area contributed by atoms with Gasteiger partial charge >= 0.3 is 0 Å². The third-order valence-electron chi connectivity index (χ3n) is 4.04. The second-order valence-electron chi connectivity index (χ2n) is 4.77. The number of ether oxygens (including phenoxy) is 1. The van der Waals surface area contributed by atoms with E-state index in [0.717, 1.165) is 5.75 Å². The van der Waals surface area contributed by atoms with Crippen LogP contribution in [0.3, 0.4) is 0 Å². The van der Waals surface area contributed by atoms with Gasteiger partial charge in [-0.05, 0) is 43.6 Å². The first-order valence-electron chi connectivity index (χ1n) is 6.09. The van der Waals surface area contributed by atoms with Gasteiger partial charge in [0.05, 0.1) is 7.11 Å². The number of benzene rings is 1. The minimum absolute atomic E-state index is 0.492. The SMILES string of the molecule is COc1ccccc1C1=C(C)C(C)=C(C)C1C. The topological polar surface area (TPSA) is 9.23 Å². The largest absolute Gasteiger partial charge is 0.496 e. The minimum Gasteiger partial charge on any atom is -0.496 e. The molecule has 0 N–H and O–H groups in total. The zero-order valence-corrected chi connectivity index (χ0v) is 11.3. The van der Waals surface area contributed by atoms with Crippen molar-refractivity contribution in [2.24, 2.45) is 5.92 Å². The van der Waals surface area contributed by atoms with E-state index in [1.54, 1.807) is 7.11 Å². The van der Waals surface area contributed by atoms with Crippen molar-refractivity contribution in [3.63, 3.8) is 0 Å². The number of para-hydroxylation sites is 1. The smallest absolute Gasteiger partial charge is 0.126 e. The fourth-order valence-electron chi connectivity index (χ4n) is 2.67. The van der Waals surface area contributed by atoms with Crippen molar-refractivity contribution in [1.82, 2.24) is 0 Å². The summed E-state index contributed by atoms with van der Waals surface area (Å²) in [5, 5.41) is 0. The van der Waals surface area contributed by atoms with E-state index in [1.165, 1.54) is 27.9 Å². The van der Waals surface area contributed by atoms with Crippen LogP contribution in [0.25, 0.3) is 5.57 Å². The highest BCUT2D eigenvalue weighted by molar-refractivity contribution is 5.82. The maximum Gasteiger partial charge on any atom is 0.126 e. The van der Waals surface area contributed by atoms with Crippen molar-refractivity contribution in [1.29, 1.82) is 0 Å². The van der Waals surface area contributed by atoms with Gasteiger partial charge < -0.3 is 4.74 Å². The number of hydrogen-bond donors (Lipinski definition) is 0. The molecule has 0 amide bonds. The zero-order chi connectivity index (χ0) is 12.6. The molecule has 0 saturated carbocycles. The van der Waals surface area contributed by atoms with Crippen LogP contribution in [0.2, 0.25) is 0 Å². The molecule has 0 aromatic heterocycles. The predicted octanol–water partition coefficient (Wildman–Crippen LogP) is 4.45. The van der Waals surface area contributed by atoms with Crippen molar-refractivity contribution in [3.8, 4) is 5.75 Å². The molecule has 17 heavy (non-hydrogen) atoms. The Morgan fingerprint density at radius 3 is 2.18 bits per heavy atom. The van der Waals surface area contributed by atoms with Gasteiger partial charge in [-0.25, -0.2) is 0 Å². The summed E-state index contributed by atoms with van der Waals surface area (Å²) in [6.45, 7) is 8.93. The third kappa shape index (κ3) is 1.80. The van der Waals surface area contributed by atoms with Gasteiger partial charge in [0.15, 0.2) is 0 Å². The molecule has 1 aliphatic carbocycles. The molecule has 1 atom stereocenters. The Kier molecular flexibility index (Phi) is 3.10. The molecule has 2 rings (SSSR count). The van der Waals surface area contributed by atoms with Crippen LogP contribution in [0.15, 0.2) is 41.0 Å². The summed E-state index contributed by atoms with van der Waals surface area (Å²) in [5.74, 6) is 1.46. The Morgan fingerprint density at radius 1 is 1.00 bits per heavy atom. The Morgan fingerprint density at radius 2 is 1.65 bits per heavy atom. The summed E-state index contributed by atoms with van der Waals surface area (Å²) < 4.78 is 5.47. The fraction of sp³-hybridized carbons (Fsp3) is 0.375. The maximum atomic E-state index is 5.47. The molecule has 0 bridgehead atoms. The fourth-order valence-corrected chi connectivity index (χ4v) is 2.67. The van der Waals surface area contributed by atoms with Crippen molar-refractivity contribution < 1.29 is 4.74 Å². The van der Waals surface area contributed by atoms with Crippen LogP contribution in [0.4, 0.5) is 0 Å². The van der Waals surface area contributed by atoms with Gasteiger partial charge in [0.2, 0.25) is 0 Å². The highest BCUT2D eigenvalue weighted by atomic mass is 16.5. The number of allylic oxidation sites excluding steroid dienone is 4. The molecule has 0 aliphatic heterocycles. The van der Waals surface area contributed by atoms with Gasteiger partial charge in [0.1, 0.15) is 5.75 Å². The van der Waals surface area contributed by atoms with Gasteiger partial charge in [-0.1, -0.05) is 30.7 Å². The normalized spacial score (nSPS) is 20.2. The second-order valence-corrected chi connectivity index (χ2v) is 4.77. The summed E-state index contributed by atoms with van der Waals surface area (Å²) in [7, 11) is 1.74. The van der Waals surface area contributed by atoms with Crippen LogP contribution in [0, 0.1) is 5.92 Å². The average Bonchev–Trinajstić information content (AvgIpc) is 2.54. The van der Waals surface area contributed by atoms with Crippen molar-refractivity contribution in [2.75, 3.05) is 7.11 Å². The lowest BCUT2D eigenvalue weighted by molar-refractivity contribution is 0.413. The van der Waals surface area contributed by atoms with Crippen molar-refractivity contribution >= 4 is 5.57 Å². The molecular formula is C16H20O. The molecule has 0 saturated heterocycles. The molecule has 1 unspecified atom stereocenters. The summed E-state index contributed by atoms with van der Waals surface area (Å²) >= 11 is 0. The molecule has 90 valence electrons. The quantitative estimate of drug-likeness (QED) is 0.726. The maximum absolute atomic E-state index is 5.47. The molecule has 0 fully saturated rings. The Balaban J connectivity index is 2.57. The van der Waals surface area contributed by atoms with E-state index >= 15 is 0 Å². The van der Waals surface area contributed by atoms with Gasteiger partial charge in [0, 0.05) is 11.5 Å². The summed E-state index contributed by atoms with van der Waals surface area (Å²) in [5.41, 5.74) is 6.95. The van der Waals surface area contributed by atoms with E-state index < -0.39 is 0 Å². The first-order chi connectivity index (χ1) is 8.07. The predicted molar refractivity (Wildman–Crippen MR) is 73.1 cm³/mol. The lowest BCUT2D eigenvalue weighted by Gasteiger charge is -2.16.